The molecule has 3 rings (SSSR count). The summed E-state index contributed by atoms with van der Waals surface area (Å²) in [4.78, 5) is 9.38. The van der Waals surface area contributed by atoms with E-state index in [0.29, 0.717) is 11.9 Å². The Morgan fingerprint density at radius 1 is 1.30 bits per heavy atom. The highest BCUT2D eigenvalue weighted by Crippen LogP contribution is 2.20. The Morgan fingerprint density at radius 3 is 2.90 bits per heavy atom. The summed E-state index contributed by atoms with van der Waals surface area (Å²) in [6.07, 6.45) is 0. The lowest BCUT2D eigenvalue weighted by atomic mass is 10.1. The van der Waals surface area contributed by atoms with E-state index in [0.717, 1.165) is 37.3 Å². The molecule has 2 heterocycles. The molecule has 1 aromatic heterocycles. The van der Waals surface area contributed by atoms with Gasteiger partial charge in [0, 0.05) is 43.2 Å². The minimum atomic E-state index is 0.596. The summed E-state index contributed by atoms with van der Waals surface area (Å²) < 4.78 is 0. The quantitative estimate of drug-likeness (QED) is 0.906. The third-order valence-electron chi connectivity index (χ3n) is 4.27. The van der Waals surface area contributed by atoms with Crippen molar-refractivity contribution in [2.75, 3.05) is 32.4 Å². The van der Waals surface area contributed by atoms with Gasteiger partial charge >= 0.3 is 0 Å². The molecule has 1 aliphatic rings. The van der Waals surface area contributed by atoms with Crippen LogP contribution in [0.4, 0.5) is 5.82 Å². The lowest BCUT2D eigenvalue weighted by molar-refractivity contribution is 0.100. The normalized spacial score (nSPS) is 21.4. The predicted octanol–water partition coefficient (Wildman–Crippen LogP) is 1.95. The van der Waals surface area contributed by atoms with Gasteiger partial charge in [-0.2, -0.15) is 0 Å². The molecule has 1 saturated heterocycles. The molecule has 4 heteroatoms. The van der Waals surface area contributed by atoms with Gasteiger partial charge in [-0.05, 0) is 26.1 Å². The molecule has 2 aromatic rings. The van der Waals surface area contributed by atoms with Crippen molar-refractivity contribution in [2.45, 2.75) is 19.5 Å². The van der Waals surface area contributed by atoms with Crippen LogP contribution in [0.2, 0.25) is 0 Å². The van der Waals surface area contributed by atoms with Gasteiger partial charge in [-0.3, -0.25) is 4.90 Å². The first-order chi connectivity index (χ1) is 9.63. The van der Waals surface area contributed by atoms with Gasteiger partial charge in [0.2, 0.25) is 0 Å². The number of pyridine rings is 1. The number of anilines is 1. The zero-order valence-electron chi connectivity index (χ0n) is 12.2. The summed E-state index contributed by atoms with van der Waals surface area (Å²) in [5.74, 6) is 0.662. The first-order valence-electron chi connectivity index (χ1n) is 7.20. The van der Waals surface area contributed by atoms with Crippen molar-refractivity contribution >= 4 is 16.7 Å². The first kappa shape index (κ1) is 13.3. The van der Waals surface area contributed by atoms with Crippen molar-refractivity contribution in [3.8, 4) is 0 Å². The summed E-state index contributed by atoms with van der Waals surface area (Å²) >= 11 is 0. The summed E-state index contributed by atoms with van der Waals surface area (Å²) in [5.41, 5.74) is 8.23. The predicted molar refractivity (Wildman–Crippen MR) is 83.5 cm³/mol. The number of hydrogen-bond donors (Lipinski definition) is 1. The average molecular weight is 270 g/mol. The topological polar surface area (TPSA) is 45.4 Å². The Morgan fingerprint density at radius 2 is 2.10 bits per heavy atom. The fourth-order valence-electron chi connectivity index (χ4n) is 2.81. The Balaban J connectivity index is 1.82. The molecule has 20 heavy (non-hydrogen) atoms. The van der Waals surface area contributed by atoms with Crippen molar-refractivity contribution in [1.82, 2.24) is 14.8 Å². The third-order valence-corrected chi connectivity index (χ3v) is 4.27. The van der Waals surface area contributed by atoms with Gasteiger partial charge in [-0.1, -0.05) is 18.2 Å². The number of rotatable bonds is 2. The summed E-state index contributed by atoms with van der Waals surface area (Å²) in [6, 6.07) is 10.9. The number of piperazine rings is 1. The van der Waals surface area contributed by atoms with Crippen molar-refractivity contribution < 1.29 is 0 Å². The molecule has 1 fully saturated rings. The Bertz CT molecular complexity index is 610. The van der Waals surface area contributed by atoms with Crippen LogP contribution in [0.1, 0.15) is 12.5 Å². The number of likely N-dealkylation sites (N-methyl/N-ethyl adjacent to an activating group) is 1. The standard InChI is InChI=1S/C16H22N4/c1-12-10-20(8-7-19(12)2)11-14-9-13-5-3-4-6-15(13)18-16(14)17/h3-6,9,12H,7-8,10-11H2,1-2H3,(H2,17,18). The molecule has 0 aliphatic carbocycles. The molecule has 0 radical (unpaired) electrons. The summed E-state index contributed by atoms with van der Waals surface area (Å²) in [5, 5.41) is 1.17. The van der Waals surface area contributed by atoms with Gasteiger partial charge in [0.05, 0.1) is 5.52 Å². The van der Waals surface area contributed by atoms with Gasteiger partial charge < -0.3 is 10.6 Å². The van der Waals surface area contributed by atoms with E-state index in [4.69, 9.17) is 5.73 Å². The molecule has 1 aromatic carbocycles. The number of nitrogens with two attached hydrogens (primary N) is 1. The molecule has 2 N–H and O–H groups in total. The van der Waals surface area contributed by atoms with Crippen LogP contribution in [0, 0.1) is 0 Å². The molecule has 106 valence electrons. The Kier molecular flexibility index (Phi) is 3.59. The molecule has 1 aliphatic heterocycles. The van der Waals surface area contributed by atoms with Crippen molar-refractivity contribution in [3.05, 3.63) is 35.9 Å². The SMILES string of the molecule is CC1CN(Cc2cc3ccccc3nc2N)CCN1C. The number of para-hydroxylation sites is 1. The van der Waals surface area contributed by atoms with Gasteiger partial charge in [0.25, 0.3) is 0 Å². The number of aromatic nitrogens is 1. The molecular weight excluding hydrogens is 248 g/mol. The highest BCUT2D eigenvalue weighted by molar-refractivity contribution is 5.81. The molecule has 1 unspecified atom stereocenters. The van der Waals surface area contributed by atoms with Crippen LogP contribution in [0.3, 0.4) is 0 Å². The van der Waals surface area contributed by atoms with E-state index in [2.05, 4.69) is 40.9 Å². The Labute approximate surface area is 120 Å². The maximum atomic E-state index is 6.12. The van der Waals surface area contributed by atoms with Crippen LogP contribution in [0.5, 0.6) is 0 Å². The highest BCUT2D eigenvalue weighted by atomic mass is 15.3. The van der Waals surface area contributed by atoms with E-state index >= 15 is 0 Å². The van der Waals surface area contributed by atoms with Crippen molar-refractivity contribution in [2.24, 2.45) is 0 Å². The van der Waals surface area contributed by atoms with E-state index in [1.165, 1.54) is 5.39 Å². The molecule has 0 bridgehead atoms. The second-order valence-corrected chi connectivity index (χ2v) is 5.79. The highest BCUT2D eigenvalue weighted by Gasteiger charge is 2.21. The number of benzene rings is 1. The van der Waals surface area contributed by atoms with Gasteiger partial charge in [0.1, 0.15) is 5.82 Å². The monoisotopic (exact) mass is 270 g/mol. The third kappa shape index (κ3) is 2.62. The first-order valence-corrected chi connectivity index (χ1v) is 7.20. The smallest absolute Gasteiger partial charge is 0.128 e. The van der Waals surface area contributed by atoms with Crippen LogP contribution in [0.25, 0.3) is 10.9 Å². The second kappa shape index (κ2) is 5.38. The van der Waals surface area contributed by atoms with E-state index in [-0.39, 0.29) is 0 Å². The number of nitrogen functional groups attached to an aromatic ring is 1. The van der Waals surface area contributed by atoms with Gasteiger partial charge in [0.15, 0.2) is 0 Å². The molecule has 0 saturated carbocycles. The van der Waals surface area contributed by atoms with Gasteiger partial charge in [-0.15, -0.1) is 0 Å². The molecule has 4 nitrogen and oxygen atoms in total. The lowest BCUT2D eigenvalue weighted by Crippen LogP contribution is -2.49. The zero-order chi connectivity index (χ0) is 14.1. The molecule has 1 atom stereocenters. The van der Waals surface area contributed by atoms with E-state index < -0.39 is 0 Å². The van der Waals surface area contributed by atoms with Crippen molar-refractivity contribution in [1.29, 1.82) is 0 Å². The minimum absolute atomic E-state index is 0.596. The van der Waals surface area contributed by atoms with Crippen LogP contribution in [-0.2, 0) is 6.54 Å². The number of fused-ring (bicyclic) bond motifs is 1. The van der Waals surface area contributed by atoms with E-state index in [1.54, 1.807) is 0 Å². The summed E-state index contributed by atoms with van der Waals surface area (Å²) in [6.45, 7) is 6.45. The molecule has 0 amide bonds. The second-order valence-electron chi connectivity index (χ2n) is 5.79. The lowest BCUT2D eigenvalue weighted by Gasteiger charge is -2.37. The maximum absolute atomic E-state index is 6.12. The largest absolute Gasteiger partial charge is 0.383 e. The van der Waals surface area contributed by atoms with Crippen LogP contribution in [-0.4, -0.2) is 47.5 Å². The number of hydrogen-bond acceptors (Lipinski definition) is 4. The minimum Gasteiger partial charge on any atom is -0.383 e. The van der Waals surface area contributed by atoms with E-state index in [9.17, 15) is 0 Å². The van der Waals surface area contributed by atoms with Crippen LogP contribution in [0.15, 0.2) is 30.3 Å². The average Bonchev–Trinajstić information content (AvgIpc) is 2.44. The Hall–Kier alpha value is -1.65. The fraction of sp³-hybridized carbons (Fsp3) is 0.438. The fourth-order valence-corrected chi connectivity index (χ4v) is 2.81. The van der Waals surface area contributed by atoms with Gasteiger partial charge in [-0.25, -0.2) is 4.98 Å². The van der Waals surface area contributed by atoms with Crippen LogP contribution >= 0.6 is 0 Å². The van der Waals surface area contributed by atoms with Crippen LogP contribution < -0.4 is 5.73 Å². The molecule has 0 spiro atoms. The summed E-state index contributed by atoms with van der Waals surface area (Å²) in [7, 11) is 2.19. The molecular formula is C16H22N4. The zero-order valence-corrected chi connectivity index (χ0v) is 12.2. The van der Waals surface area contributed by atoms with Crippen molar-refractivity contribution in [3.63, 3.8) is 0 Å². The van der Waals surface area contributed by atoms with E-state index in [1.807, 2.05) is 18.2 Å². The maximum Gasteiger partial charge on any atom is 0.128 e. The number of nitrogens with zero attached hydrogens (tertiary/aromatic N) is 3.